The number of carbonyl (C=O) groups excluding carboxylic acids is 1. The minimum atomic E-state index is -0.366. The highest BCUT2D eigenvalue weighted by atomic mass is 79.9. The second-order valence-corrected chi connectivity index (χ2v) is 5.13. The number of nitrogens with zero attached hydrogens (tertiary/aromatic N) is 2. The first kappa shape index (κ1) is 14.7. The Labute approximate surface area is 125 Å². The molecule has 1 aromatic heterocycles. The van der Waals surface area contributed by atoms with Crippen LogP contribution in [-0.2, 0) is 13.0 Å². The summed E-state index contributed by atoms with van der Waals surface area (Å²) in [6.07, 6.45) is 0.773. The average molecular weight is 340 g/mol. The molecule has 1 aromatic carbocycles. The van der Waals surface area contributed by atoms with Crippen LogP contribution >= 0.6 is 15.9 Å². The summed E-state index contributed by atoms with van der Waals surface area (Å²) in [5, 5.41) is 7.07. The maximum atomic E-state index is 13.2. The maximum Gasteiger partial charge on any atom is 0.273 e. The van der Waals surface area contributed by atoms with Gasteiger partial charge in [0.05, 0.1) is 10.2 Å². The summed E-state index contributed by atoms with van der Waals surface area (Å²) in [5.41, 5.74) is 1.91. The van der Waals surface area contributed by atoms with Crippen molar-refractivity contribution in [2.75, 3.05) is 5.32 Å². The Kier molecular flexibility index (Phi) is 4.54. The van der Waals surface area contributed by atoms with E-state index in [1.807, 2.05) is 13.8 Å². The molecule has 0 bridgehead atoms. The van der Waals surface area contributed by atoms with Gasteiger partial charge in [-0.3, -0.25) is 9.48 Å². The number of carbonyl (C=O) groups is 1. The monoisotopic (exact) mass is 339 g/mol. The van der Waals surface area contributed by atoms with Crippen LogP contribution in [0, 0.1) is 5.82 Å². The molecule has 0 fully saturated rings. The topological polar surface area (TPSA) is 46.9 Å². The summed E-state index contributed by atoms with van der Waals surface area (Å²) in [5.74, 6) is -0.618. The van der Waals surface area contributed by atoms with Crippen molar-refractivity contribution in [3.63, 3.8) is 0 Å². The van der Waals surface area contributed by atoms with Gasteiger partial charge in [0.15, 0.2) is 0 Å². The van der Waals surface area contributed by atoms with Crippen LogP contribution in [0.15, 0.2) is 28.7 Å². The summed E-state index contributed by atoms with van der Waals surface area (Å²) < 4.78 is 15.1. The predicted molar refractivity (Wildman–Crippen MR) is 79.3 cm³/mol. The largest absolute Gasteiger partial charge is 0.321 e. The van der Waals surface area contributed by atoms with Crippen molar-refractivity contribution in [1.82, 2.24) is 9.78 Å². The van der Waals surface area contributed by atoms with Gasteiger partial charge in [0.1, 0.15) is 11.5 Å². The van der Waals surface area contributed by atoms with Crippen LogP contribution in [0.4, 0.5) is 10.1 Å². The second-order valence-electron chi connectivity index (χ2n) is 4.27. The van der Waals surface area contributed by atoms with Crippen molar-refractivity contribution in [3.05, 3.63) is 45.9 Å². The molecule has 0 radical (unpaired) electrons. The number of hydrogen-bond acceptors (Lipinski definition) is 2. The van der Waals surface area contributed by atoms with Crippen LogP contribution in [0.3, 0.4) is 0 Å². The highest BCUT2D eigenvalue weighted by Gasteiger charge is 2.14. The lowest BCUT2D eigenvalue weighted by Gasteiger charge is -2.07. The molecule has 0 aliphatic rings. The zero-order valence-corrected chi connectivity index (χ0v) is 12.9. The Balaban J connectivity index is 2.23. The van der Waals surface area contributed by atoms with Crippen LogP contribution in [0.1, 0.15) is 30.0 Å². The van der Waals surface area contributed by atoms with E-state index in [9.17, 15) is 9.18 Å². The quantitative estimate of drug-likeness (QED) is 0.924. The van der Waals surface area contributed by atoms with E-state index >= 15 is 0 Å². The van der Waals surface area contributed by atoms with Crippen LogP contribution < -0.4 is 5.32 Å². The summed E-state index contributed by atoms with van der Waals surface area (Å²) in [4.78, 5) is 12.2. The molecule has 6 heteroatoms. The van der Waals surface area contributed by atoms with Gasteiger partial charge in [0, 0.05) is 12.2 Å². The van der Waals surface area contributed by atoms with E-state index in [-0.39, 0.29) is 11.7 Å². The smallest absolute Gasteiger partial charge is 0.273 e. The molecule has 0 atom stereocenters. The van der Waals surface area contributed by atoms with E-state index in [2.05, 4.69) is 26.3 Å². The maximum absolute atomic E-state index is 13.2. The Bertz CT molecular complexity index is 639. The van der Waals surface area contributed by atoms with E-state index < -0.39 is 0 Å². The molecule has 106 valence electrons. The fourth-order valence-corrected chi connectivity index (χ4v) is 2.21. The van der Waals surface area contributed by atoms with Gasteiger partial charge < -0.3 is 5.32 Å². The Morgan fingerprint density at radius 1 is 1.40 bits per heavy atom. The van der Waals surface area contributed by atoms with Crippen molar-refractivity contribution in [2.24, 2.45) is 0 Å². The fraction of sp³-hybridized carbons (Fsp3) is 0.286. The molecule has 1 N–H and O–H groups in total. The van der Waals surface area contributed by atoms with Gasteiger partial charge in [0.2, 0.25) is 0 Å². The van der Waals surface area contributed by atoms with Crippen LogP contribution in [0.5, 0.6) is 0 Å². The molecule has 0 aliphatic carbocycles. The lowest BCUT2D eigenvalue weighted by atomic mass is 10.2. The summed E-state index contributed by atoms with van der Waals surface area (Å²) >= 11 is 3.09. The number of amides is 1. The first-order valence-electron chi connectivity index (χ1n) is 6.38. The molecule has 2 aromatic rings. The van der Waals surface area contributed by atoms with E-state index in [4.69, 9.17) is 0 Å². The Morgan fingerprint density at radius 2 is 2.15 bits per heavy atom. The number of aromatic nitrogens is 2. The fourth-order valence-electron chi connectivity index (χ4n) is 1.84. The third-order valence-corrected chi connectivity index (χ3v) is 3.51. The highest BCUT2D eigenvalue weighted by Crippen LogP contribution is 2.20. The first-order valence-corrected chi connectivity index (χ1v) is 7.17. The summed E-state index contributed by atoms with van der Waals surface area (Å²) in [6, 6.07) is 6.12. The molecule has 2 rings (SSSR count). The van der Waals surface area contributed by atoms with Crippen molar-refractivity contribution in [2.45, 2.75) is 26.8 Å². The zero-order valence-electron chi connectivity index (χ0n) is 11.3. The number of halogens is 2. The van der Waals surface area contributed by atoms with Gasteiger partial charge in [-0.15, -0.1) is 0 Å². The Morgan fingerprint density at radius 3 is 2.75 bits per heavy atom. The van der Waals surface area contributed by atoms with Crippen molar-refractivity contribution in [1.29, 1.82) is 0 Å². The Hall–Kier alpha value is -1.69. The van der Waals surface area contributed by atoms with Gasteiger partial charge in [-0.1, -0.05) is 6.92 Å². The molecular formula is C14H15BrFN3O. The molecule has 0 unspecified atom stereocenters. The molecule has 1 heterocycles. The SMILES string of the molecule is CCc1cc(C(=O)Nc2ccc(F)c(Br)c2)n(CC)n1. The molecular weight excluding hydrogens is 325 g/mol. The van der Waals surface area contributed by atoms with Crippen LogP contribution in [-0.4, -0.2) is 15.7 Å². The number of hydrogen-bond donors (Lipinski definition) is 1. The summed E-state index contributed by atoms with van der Waals surface area (Å²) in [6.45, 7) is 4.54. The molecule has 0 spiro atoms. The molecule has 0 aliphatic heterocycles. The van der Waals surface area contributed by atoms with E-state index in [0.29, 0.717) is 22.4 Å². The molecule has 1 amide bonds. The summed E-state index contributed by atoms with van der Waals surface area (Å²) in [7, 11) is 0. The average Bonchev–Trinajstić information content (AvgIpc) is 2.86. The first-order chi connectivity index (χ1) is 9.55. The molecule has 20 heavy (non-hydrogen) atoms. The van der Waals surface area contributed by atoms with Gasteiger partial charge in [-0.05, 0) is 53.5 Å². The van der Waals surface area contributed by atoms with Gasteiger partial charge in [0.25, 0.3) is 5.91 Å². The van der Waals surface area contributed by atoms with Crippen LogP contribution in [0.25, 0.3) is 0 Å². The lowest BCUT2D eigenvalue weighted by molar-refractivity contribution is 0.101. The standard InChI is InChI=1S/C14H15BrFN3O/c1-3-9-8-13(19(4-2)18-9)14(20)17-10-5-6-12(16)11(15)7-10/h5-8H,3-4H2,1-2H3,(H,17,20). The number of aryl methyl sites for hydroxylation is 2. The lowest BCUT2D eigenvalue weighted by Crippen LogP contribution is -2.17. The number of benzene rings is 1. The van der Waals surface area contributed by atoms with Gasteiger partial charge in [-0.2, -0.15) is 5.10 Å². The third kappa shape index (κ3) is 3.07. The van der Waals surface area contributed by atoms with Crippen molar-refractivity contribution >= 4 is 27.5 Å². The van der Waals surface area contributed by atoms with Crippen molar-refractivity contribution in [3.8, 4) is 0 Å². The third-order valence-electron chi connectivity index (χ3n) is 2.90. The molecule has 4 nitrogen and oxygen atoms in total. The minimum absolute atomic E-state index is 0.252. The molecule has 0 saturated heterocycles. The predicted octanol–water partition coefficient (Wildman–Crippen LogP) is 3.62. The van der Waals surface area contributed by atoms with Crippen LogP contribution in [0.2, 0.25) is 0 Å². The number of anilines is 1. The van der Waals surface area contributed by atoms with E-state index in [0.717, 1.165) is 12.1 Å². The normalized spacial score (nSPS) is 10.6. The van der Waals surface area contributed by atoms with E-state index in [1.165, 1.54) is 18.2 Å². The minimum Gasteiger partial charge on any atom is -0.321 e. The van der Waals surface area contributed by atoms with E-state index in [1.54, 1.807) is 10.7 Å². The van der Waals surface area contributed by atoms with Gasteiger partial charge in [-0.25, -0.2) is 4.39 Å². The zero-order chi connectivity index (χ0) is 14.7. The number of rotatable bonds is 4. The van der Waals surface area contributed by atoms with Gasteiger partial charge >= 0.3 is 0 Å². The second kappa shape index (κ2) is 6.17. The number of nitrogens with one attached hydrogen (secondary N) is 1. The molecule has 0 saturated carbocycles. The highest BCUT2D eigenvalue weighted by molar-refractivity contribution is 9.10. The van der Waals surface area contributed by atoms with Crippen molar-refractivity contribution < 1.29 is 9.18 Å².